The number of aryl methyl sites for hydroxylation is 2. The molecule has 22 heavy (non-hydrogen) atoms. The van der Waals surface area contributed by atoms with Gasteiger partial charge in [0.1, 0.15) is 12.4 Å². The molecule has 0 atom stereocenters. The minimum Gasteiger partial charge on any atom is -0.489 e. The summed E-state index contributed by atoms with van der Waals surface area (Å²) in [5, 5.41) is 4.76. The van der Waals surface area contributed by atoms with Crippen molar-refractivity contribution in [2.45, 2.75) is 20.5 Å². The number of thiophene rings is 1. The summed E-state index contributed by atoms with van der Waals surface area (Å²) >= 11 is 1.43. The van der Waals surface area contributed by atoms with Gasteiger partial charge in [0.25, 0.3) is 5.91 Å². The van der Waals surface area contributed by atoms with Gasteiger partial charge in [-0.05, 0) is 42.5 Å². The lowest BCUT2D eigenvalue weighted by Crippen LogP contribution is -2.26. The van der Waals surface area contributed by atoms with E-state index in [1.165, 1.54) is 16.9 Å². The number of amides is 1. The van der Waals surface area contributed by atoms with E-state index in [1.807, 2.05) is 37.4 Å². The quantitative estimate of drug-likeness (QED) is 0.796. The highest BCUT2D eigenvalue weighted by Crippen LogP contribution is 2.22. The van der Waals surface area contributed by atoms with Crippen molar-refractivity contribution < 1.29 is 14.3 Å². The predicted octanol–water partition coefficient (Wildman–Crippen LogP) is 3.32. The van der Waals surface area contributed by atoms with Crippen LogP contribution < -0.4 is 10.1 Å². The van der Waals surface area contributed by atoms with Crippen LogP contribution >= 0.6 is 11.3 Å². The van der Waals surface area contributed by atoms with Crippen LogP contribution in [0.2, 0.25) is 0 Å². The second kappa shape index (κ2) is 7.96. The van der Waals surface area contributed by atoms with E-state index in [1.54, 1.807) is 7.11 Å². The zero-order valence-corrected chi connectivity index (χ0v) is 14.0. The largest absolute Gasteiger partial charge is 0.489 e. The first-order valence-corrected chi connectivity index (χ1v) is 8.02. The van der Waals surface area contributed by atoms with Gasteiger partial charge in [0.05, 0.1) is 11.5 Å². The molecule has 1 aromatic heterocycles. The van der Waals surface area contributed by atoms with Gasteiger partial charge in [-0.3, -0.25) is 4.79 Å². The molecule has 0 saturated carbocycles. The number of ether oxygens (including phenoxy) is 2. The third kappa shape index (κ3) is 4.58. The molecule has 1 N–H and O–H groups in total. The Kier molecular flexibility index (Phi) is 5.98. The lowest BCUT2D eigenvalue weighted by molar-refractivity contribution is 0.0941. The Morgan fingerprint density at radius 3 is 2.86 bits per heavy atom. The standard InChI is InChI=1S/C17H21NO3S/c1-12-4-5-13(2)15(8-12)21-10-14-9-16(22-11-14)17(19)18-6-7-20-3/h4-5,8-9,11H,6-7,10H2,1-3H3,(H,18,19). The van der Waals surface area contributed by atoms with E-state index in [2.05, 4.69) is 11.4 Å². The Balaban J connectivity index is 1.92. The zero-order valence-electron chi connectivity index (χ0n) is 13.1. The van der Waals surface area contributed by atoms with Gasteiger partial charge in [0.2, 0.25) is 0 Å². The number of hydrogen-bond donors (Lipinski definition) is 1. The van der Waals surface area contributed by atoms with Crippen LogP contribution in [-0.2, 0) is 11.3 Å². The van der Waals surface area contributed by atoms with Crippen LogP contribution in [-0.4, -0.2) is 26.2 Å². The molecule has 0 unspecified atom stereocenters. The number of nitrogens with one attached hydrogen (secondary N) is 1. The lowest BCUT2D eigenvalue weighted by Gasteiger charge is -2.08. The van der Waals surface area contributed by atoms with Crippen LogP contribution in [0.5, 0.6) is 5.75 Å². The molecule has 5 heteroatoms. The third-order valence-corrected chi connectivity index (χ3v) is 4.19. The molecule has 0 aliphatic rings. The first-order valence-electron chi connectivity index (χ1n) is 7.14. The molecule has 0 spiro atoms. The summed E-state index contributed by atoms with van der Waals surface area (Å²) in [5.41, 5.74) is 3.28. The highest BCUT2D eigenvalue weighted by molar-refractivity contribution is 7.12. The summed E-state index contributed by atoms with van der Waals surface area (Å²) in [5.74, 6) is 0.817. The van der Waals surface area contributed by atoms with E-state index >= 15 is 0 Å². The van der Waals surface area contributed by atoms with Crippen LogP contribution in [0.1, 0.15) is 26.4 Å². The smallest absolute Gasteiger partial charge is 0.261 e. The van der Waals surface area contributed by atoms with Crippen molar-refractivity contribution in [1.82, 2.24) is 5.32 Å². The molecule has 1 aromatic carbocycles. The summed E-state index contributed by atoms with van der Waals surface area (Å²) < 4.78 is 10.8. The maximum absolute atomic E-state index is 11.9. The van der Waals surface area contributed by atoms with Crippen molar-refractivity contribution in [3.8, 4) is 5.75 Å². The van der Waals surface area contributed by atoms with Crippen LogP contribution in [0.4, 0.5) is 0 Å². The Labute approximate surface area is 135 Å². The van der Waals surface area contributed by atoms with Gasteiger partial charge >= 0.3 is 0 Å². The second-order valence-corrected chi connectivity index (χ2v) is 6.04. The predicted molar refractivity (Wildman–Crippen MR) is 88.8 cm³/mol. The van der Waals surface area contributed by atoms with Crippen LogP contribution in [0.3, 0.4) is 0 Å². The number of carbonyl (C=O) groups is 1. The van der Waals surface area contributed by atoms with Crippen molar-refractivity contribution in [3.05, 3.63) is 51.2 Å². The Morgan fingerprint density at radius 1 is 1.27 bits per heavy atom. The lowest BCUT2D eigenvalue weighted by atomic mass is 10.1. The van der Waals surface area contributed by atoms with Crippen molar-refractivity contribution in [2.24, 2.45) is 0 Å². The Morgan fingerprint density at radius 2 is 2.09 bits per heavy atom. The number of rotatable bonds is 7. The summed E-state index contributed by atoms with van der Waals surface area (Å²) in [4.78, 5) is 12.6. The molecule has 1 amide bonds. The summed E-state index contributed by atoms with van der Waals surface area (Å²) in [7, 11) is 1.61. The van der Waals surface area contributed by atoms with E-state index in [0.717, 1.165) is 16.9 Å². The molecular weight excluding hydrogens is 298 g/mol. The molecule has 0 aliphatic carbocycles. The van der Waals surface area contributed by atoms with Gasteiger partial charge in [0, 0.05) is 19.2 Å². The fourth-order valence-corrected chi connectivity index (χ4v) is 2.76. The van der Waals surface area contributed by atoms with Crippen LogP contribution in [0.15, 0.2) is 29.6 Å². The summed E-state index contributed by atoms with van der Waals surface area (Å²) in [6.07, 6.45) is 0. The second-order valence-electron chi connectivity index (χ2n) is 5.13. The average molecular weight is 319 g/mol. The molecule has 1 heterocycles. The minimum atomic E-state index is -0.0694. The van der Waals surface area contributed by atoms with Crippen molar-refractivity contribution in [3.63, 3.8) is 0 Å². The molecule has 4 nitrogen and oxygen atoms in total. The van der Waals surface area contributed by atoms with E-state index in [9.17, 15) is 4.79 Å². The maximum atomic E-state index is 11.9. The summed E-state index contributed by atoms with van der Waals surface area (Å²) in [6, 6.07) is 8.01. The van der Waals surface area contributed by atoms with Gasteiger partial charge in [-0.1, -0.05) is 12.1 Å². The highest BCUT2D eigenvalue weighted by Gasteiger charge is 2.09. The van der Waals surface area contributed by atoms with Gasteiger partial charge < -0.3 is 14.8 Å². The van der Waals surface area contributed by atoms with E-state index in [0.29, 0.717) is 24.6 Å². The van der Waals surface area contributed by atoms with Gasteiger partial charge in [-0.2, -0.15) is 0 Å². The first-order chi connectivity index (χ1) is 10.6. The van der Waals surface area contributed by atoms with Crippen molar-refractivity contribution in [2.75, 3.05) is 20.3 Å². The Hall–Kier alpha value is -1.85. The number of methoxy groups -OCH3 is 1. The van der Waals surface area contributed by atoms with Crippen LogP contribution in [0, 0.1) is 13.8 Å². The average Bonchev–Trinajstić information content (AvgIpc) is 2.97. The molecule has 2 aromatic rings. The van der Waals surface area contributed by atoms with Crippen LogP contribution in [0.25, 0.3) is 0 Å². The molecule has 118 valence electrons. The highest BCUT2D eigenvalue weighted by atomic mass is 32.1. The normalized spacial score (nSPS) is 10.5. The molecule has 0 saturated heterocycles. The first kappa shape index (κ1) is 16.5. The third-order valence-electron chi connectivity index (χ3n) is 3.21. The number of benzene rings is 1. The fraction of sp³-hybridized carbons (Fsp3) is 0.353. The molecular formula is C17H21NO3S. The SMILES string of the molecule is COCCNC(=O)c1cc(COc2cc(C)ccc2C)cs1. The Bertz CT molecular complexity index is 637. The van der Waals surface area contributed by atoms with Gasteiger partial charge in [-0.15, -0.1) is 11.3 Å². The van der Waals surface area contributed by atoms with E-state index < -0.39 is 0 Å². The monoisotopic (exact) mass is 319 g/mol. The number of carbonyl (C=O) groups excluding carboxylic acids is 1. The van der Waals surface area contributed by atoms with Gasteiger partial charge in [0.15, 0.2) is 0 Å². The van der Waals surface area contributed by atoms with E-state index in [-0.39, 0.29) is 5.91 Å². The fourth-order valence-electron chi connectivity index (χ4n) is 1.95. The number of hydrogen-bond acceptors (Lipinski definition) is 4. The minimum absolute atomic E-state index is 0.0694. The molecule has 2 rings (SSSR count). The molecule has 0 radical (unpaired) electrons. The molecule has 0 bridgehead atoms. The van der Waals surface area contributed by atoms with Crippen molar-refractivity contribution in [1.29, 1.82) is 0 Å². The maximum Gasteiger partial charge on any atom is 0.261 e. The van der Waals surface area contributed by atoms with Gasteiger partial charge in [-0.25, -0.2) is 0 Å². The molecule has 0 fully saturated rings. The molecule has 0 aliphatic heterocycles. The summed E-state index contributed by atoms with van der Waals surface area (Å²) in [6.45, 7) is 5.56. The zero-order chi connectivity index (χ0) is 15.9. The topological polar surface area (TPSA) is 47.6 Å². The van der Waals surface area contributed by atoms with Crippen molar-refractivity contribution >= 4 is 17.2 Å². The van der Waals surface area contributed by atoms with E-state index in [4.69, 9.17) is 9.47 Å².